The van der Waals surface area contributed by atoms with Crippen molar-refractivity contribution >= 4 is 25.6 Å². The first kappa shape index (κ1) is 25.6. The molecule has 4 rings (SSSR count). The van der Waals surface area contributed by atoms with Crippen molar-refractivity contribution in [2.45, 2.75) is 58.5 Å². The Morgan fingerprint density at radius 2 is 1.56 bits per heavy atom. The fourth-order valence-electron chi connectivity index (χ4n) is 3.57. The highest BCUT2D eigenvalue weighted by atomic mass is 28.4. The Balaban J connectivity index is 1.55. The number of aldehydes is 1. The summed E-state index contributed by atoms with van der Waals surface area (Å²) < 4.78 is 24.7. The number of rotatable bonds is 10. The number of hydrogen-bond donors (Lipinski definition) is 0. The topological polar surface area (TPSA) is 57.9 Å². The first-order valence-corrected chi connectivity index (χ1v) is 15.1. The van der Waals surface area contributed by atoms with Gasteiger partial charge in [0.25, 0.3) is 0 Å². The molecule has 0 atom stereocenters. The molecular weight excluding hydrogens is 468 g/mol. The molecule has 188 valence electrons. The summed E-state index contributed by atoms with van der Waals surface area (Å²) >= 11 is 0. The zero-order valence-electron chi connectivity index (χ0n) is 21.7. The van der Waals surface area contributed by atoms with Gasteiger partial charge in [0.15, 0.2) is 0 Å². The van der Waals surface area contributed by atoms with Crippen LogP contribution < -0.4 is 13.9 Å². The van der Waals surface area contributed by atoms with Crippen molar-refractivity contribution in [1.29, 1.82) is 0 Å². The Hall–Kier alpha value is -3.51. The van der Waals surface area contributed by atoms with Gasteiger partial charge in [0, 0.05) is 12.1 Å². The molecule has 0 radical (unpaired) electrons. The van der Waals surface area contributed by atoms with Crippen LogP contribution in [0, 0.1) is 0 Å². The van der Waals surface area contributed by atoms with Crippen LogP contribution in [-0.2, 0) is 24.4 Å². The number of fused-ring (bicyclic) bond motifs is 1. The predicted octanol–water partition coefficient (Wildman–Crippen LogP) is 7.72. The van der Waals surface area contributed by atoms with Gasteiger partial charge in [-0.15, -0.1) is 0 Å². The quantitative estimate of drug-likeness (QED) is 0.164. The van der Waals surface area contributed by atoms with Crippen LogP contribution in [0.3, 0.4) is 0 Å². The number of benzene rings is 3. The van der Waals surface area contributed by atoms with Crippen molar-refractivity contribution < 1.29 is 23.1 Å². The molecule has 0 saturated carbocycles. The monoisotopic (exact) mass is 502 g/mol. The van der Waals surface area contributed by atoms with Gasteiger partial charge in [-0.25, -0.2) is 0 Å². The van der Waals surface area contributed by atoms with Gasteiger partial charge in [0.1, 0.15) is 48.1 Å². The molecule has 0 saturated heterocycles. The van der Waals surface area contributed by atoms with E-state index in [1.807, 2.05) is 72.8 Å². The second-order valence-corrected chi connectivity index (χ2v) is 15.2. The third-order valence-electron chi connectivity index (χ3n) is 6.63. The Bertz CT molecular complexity index is 1320. The Morgan fingerprint density at radius 1 is 0.833 bits per heavy atom. The molecule has 0 aliphatic carbocycles. The maximum absolute atomic E-state index is 11.1. The van der Waals surface area contributed by atoms with Crippen molar-refractivity contribution in [2.24, 2.45) is 0 Å². The van der Waals surface area contributed by atoms with Crippen LogP contribution in [0.15, 0.2) is 77.2 Å². The molecule has 0 spiro atoms. The molecule has 0 N–H and O–H groups in total. The van der Waals surface area contributed by atoms with E-state index in [1.165, 1.54) is 0 Å². The highest BCUT2D eigenvalue weighted by Crippen LogP contribution is 2.40. The molecule has 0 fully saturated rings. The molecule has 0 unspecified atom stereocenters. The highest BCUT2D eigenvalue weighted by Gasteiger charge is 2.39. The number of furan rings is 1. The van der Waals surface area contributed by atoms with E-state index in [0.29, 0.717) is 30.3 Å². The van der Waals surface area contributed by atoms with E-state index < -0.39 is 8.32 Å². The zero-order chi connectivity index (χ0) is 25.8. The zero-order valence-corrected chi connectivity index (χ0v) is 22.7. The first-order valence-electron chi connectivity index (χ1n) is 12.2. The molecule has 0 amide bonds. The van der Waals surface area contributed by atoms with E-state index in [2.05, 4.69) is 33.9 Å². The van der Waals surface area contributed by atoms with E-state index in [4.69, 9.17) is 18.3 Å². The summed E-state index contributed by atoms with van der Waals surface area (Å²) in [4.78, 5) is 11.1. The lowest BCUT2D eigenvalue weighted by Crippen LogP contribution is -2.43. The maximum Gasteiger partial charge on any atom is 0.250 e. The number of ether oxygens (including phenoxy) is 2. The van der Waals surface area contributed by atoms with Crippen LogP contribution in [0.25, 0.3) is 11.0 Å². The van der Waals surface area contributed by atoms with Crippen molar-refractivity contribution in [3.05, 3.63) is 89.7 Å². The molecule has 0 aliphatic heterocycles. The van der Waals surface area contributed by atoms with Crippen LogP contribution in [0.5, 0.6) is 17.2 Å². The molecule has 0 bridgehead atoms. The van der Waals surface area contributed by atoms with Gasteiger partial charge < -0.3 is 23.1 Å². The van der Waals surface area contributed by atoms with Crippen molar-refractivity contribution in [3.63, 3.8) is 0 Å². The van der Waals surface area contributed by atoms with Gasteiger partial charge in [-0.1, -0.05) is 63.2 Å². The van der Waals surface area contributed by atoms with E-state index in [9.17, 15) is 4.79 Å². The minimum Gasteiger partial charge on any atom is -0.543 e. The molecule has 1 heterocycles. The predicted molar refractivity (Wildman–Crippen MR) is 145 cm³/mol. The van der Waals surface area contributed by atoms with Crippen molar-refractivity contribution in [3.8, 4) is 17.2 Å². The maximum atomic E-state index is 11.1. The number of carbonyl (C=O) groups is 1. The van der Waals surface area contributed by atoms with Crippen LogP contribution >= 0.6 is 0 Å². The Morgan fingerprint density at radius 3 is 2.28 bits per heavy atom. The second kappa shape index (κ2) is 10.6. The molecule has 1 aromatic heterocycles. The summed E-state index contributed by atoms with van der Waals surface area (Å²) in [5.41, 5.74) is 2.75. The molecule has 3 aromatic carbocycles. The average molecular weight is 503 g/mol. The Labute approximate surface area is 214 Å². The normalized spacial score (nSPS) is 11.9. The third-order valence-corrected chi connectivity index (χ3v) is 11.0. The second-order valence-electron chi connectivity index (χ2n) is 10.5. The molecule has 36 heavy (non-hydrogen) atoms. The summed E-state index contributed by atoms with van der Waals surface area (Å²) in [5.74, 6) is 2.77. The third kappa shape index (κ3) is 6.18. The molecule has 5 nitrogen and oxygen atoms in total. The van der Waals surface area contributed by atoms with Crippen molar-refractivity contribution in [1.82, 2.24) is 0 Å². The first-order chi connectivity index (χ1) is 17.1. The van der Waals surface area contributed by atoms with E-state index in [1.54, 1.807) is 0 Å². The van der Waals surface area contributed by atoms with Crippen LogP contribution in [-0.4, -0.2) is 14.6 Å². The van der Waals surface area contributed by atoms with Crippen LogP contribution in [0.4, 0.5) is 0 Å². The fourth-order valence-corrected chi connectivity index (χ4v) is 4.58. The standard InChI is InChI=1S/C30H34O5Si/c1-30(2,3)36(4,5)35-26-18-28(27-17-25(14-15-31)34-29(27)19-26)33-21-23-12-9-13-24(16-23)32-20-22-10-7-6-8-11-22/h6-13,15-19H,14,20-21H2,1-5H3. The smallest absolute Gasteiger partial charge is 0.250 e. The summed E-state index contributed by atoms with van der Waals surface area (Å²) in [6.45, 7) is 11.9. The summed E-state index contributed by atoms with van der Waals surface area (Å²) in [5, 5.41) is 0.876. The fraction of sp³-hybridized carbons (Fsp3) is 0.300. The van der Waals surface area contributed by atoms with E-state index >= 15 is 0 Å². The lowest BCUT2D eigenvalue weighted by molar-refractivity contribution is -0.107. The van der Waals surface area contributed by atoms with Crippen molar-refractivity contribution in [2.75, 3.05) is 0 Å². The van der Waals surface area contributed by atoms with E-state index in [0.717, 1.165) is 34.3 Å². The van der Waals surface area contributed by atoms with Gasteiger partial charge >= 0.3 is 0 Å². The molecule has 6 heteroatoms. The van der Waals surface area contributed by atoms with Gasteiger partial charge in [0.05, 0.1) is 11.8 Å². The minimum absolute atomic E-state index is 0.0506. The minimum atomic E-state index is -2.07. The molecular formula is C30H34O5Si. The summed E-state index contributed by atoms with van der Waals surface area (Å²) in [6.07, 6.45) is 1.06. The number of carbonyl (C=O) groups excluding carboxylic acids is 1. The lowest BCUT2D eigenvalue weighted by Gasteiger charge is -2.36. The van der Waals surface area contributed by atoms with Gasteiger partial charge in [-0.05, 0) is 47.5 Å². The van der Waals surface area contributed by atoms with Gasteiger partial charge in [0.2, 0.25) is 8.32 Å². The summed E-state index contributed by atoms with van der Waals surface area (Å²) in [7, 11) is -2.07. The van der Waals surface area contributed by atoms with Gasteiger partial charge in [-0.2, -0.15) is 0 Å². The average Bonchev–Trinajstić information content (AvgIpc) is 3.24. The number of hydrogen-bond acceptors (Lipinski definition) is 5. The summed E-state index contributed by atoms with van der Waals surface area (Å²) in [6, 6.07) is 23.7. The molecule has 4 aromatic rings. The highest BCUT2D eigenvalue weighted by molar-refractivity contribution is 6.74. The lowest BCUT2D eigenvalue weighted by atomic mass is 10.2. The SMILES string of the molecule is CC(C)(C)[Si](C)(C)Oc1cc(OCc2cccc(OCc3ccccc3)c2)c2cc(CC=O)oc2c1. The van der Waals surface area contributed by atoms with Gasteiger partial charge in [-0.3, -0.25) is 0 Å². The molecule has 0 aliphatic rings. The Kier molecular flexibility index (Phi) is 7.55. The van der Waals surface area contributed by atoms with E-state index in [-0.39, 0.29) is 11.5 Å². The largest absolute Gasteiger partial charge is 0.543 e. The van der Waals surface area contributed by atoms with Crippen LogP contribution in [0.1, 0.15) is 37.7 Å². The van der Waals surface area contributed by atoms with Crippen LogP contribution in [0.2, 0.25) is 18.1 Å².